The molecule has 0 aliphatic carbocycles. The van der Waals surface area contributed by atoms with Crippen LogP contribution in [0.3, 0.4) is 0 Å². The van der Waals surface area contributed by atoms with Crippen molar-refractivity contribution < 1.29 is 9.53 Å². The van der Waals surface area contributed by atoms with Crippen molar-refractivity contribution in [2.75, 3.05) is 13.6 Å². The topological polar surface area (TPSA) is 29.5 Å². The van der Waals surface area contributed by atoms with Gasteiger partial charge in [-0.1, -0.05) is 23.7 Å². The van der Waals surface area contributed by atoms with Gasteiger partial charge in [0.25, 0.3) is 5.91 Å². The molecule has 3 nitrogen and oxygen atoms in total. The lowest BCUT2D eigenvalue weighted by Gasteiger charge is -2.26. The van der Waals surface area contributed by atoms with Crippen LogP contribution in [0.2, 0.25) is 5.02 Å². The molecule has 1 aliphatic rings. The molecular formula is C18H18ClNO2. The van der Waals surface area contributed by atoms with E-state index in [0.717, 1.165) is 46.0 Å². The molecule has 114 valence electrons. The van der Waals surface area contributed by atoms with E-state index in [1.807, 2.05) is 50.4 Å². The van der Waals surface area contributed by atoms with Gasteiger partial charge in [-0.2, -0.15) is 0 Å². The number of hydrogen-bond acceptors (Lipinski definition) is 2. The summed E-state index contributed by atoms with van der Waals surface area (Å²) in [5.74, 6) is 0.864. The Balaban J connectivity index is 1.83. The minimum atomic E-state index is 0.0642. The summed E-state index contributed by atoms with van der Waals surface area (Å²) in [5, 5.41) is 0.729. The van der Waals surface area contributed by atoms with Crippen molar-refractivity contribution >= 4 is 17.5 Å². The fraction of sp³-hybridized carbons (Fsp3) is 0.278. The third-order valence-electron chi connectivity index (χ3n) is 4.10. The second-order valence-electron chi connectivity index (χ2n) is 5.62. The predicted octanol–water partition coefficient (Wildman–Crippen LogP) is 3.86. The second-order valence-corrected chi connectivity index (χ2v) is 6.05. The van der Waals surface area contributed by atoms with Gasteiger partial charge in [-0.3, -0.25) is 4.79 Å². The number of aryl methyl sites for hydroxylation is 1. The molecule has 1 aliphatic heterocycles. The summed E-state index contributed by atoms with van der Waals surface area (Å²) in [4.78, 5) is 13.9. The van der Waals surface area contributed by atoms with Gasteiger partial charge in [0, 0.05) is 29.7 Å². The van der Waals surface area contributed by atoms with Gasteiger partial charge < -0.3 is 9.64 Å². The first-order chi connectivity index (χ1) is 10.6. The molecule has 22 heavy (non-hydrogen) atoms. The average Bonchev–Trinajstić information content (AvgIpc) is 2.50. The molecule has 1 heterocycles. The number of benzene rings is 2. The maximum absolute atomic E-state index is 12.2. The monoisotopic (exact) mass is 315 g/mol. The highest BCUT2D eigenvalue weighted by Gasteiger charge is 2.24. The lowest BCUT2D eigenvalue weighted by atomic mass is 9.98. The molecule has 0 unspecified atom stereocenters. The van der Waals surface area contributed by atoms with Crippen LogP contribution in [0.25, 0.3) is 0 Å². The summed E-state index contributed by atoms with van der Waals surface area (Å²) in [5.41, 5.74) is 3.96. The molecule has 1 amide bonds. The maximum Gasteiger partial charge on any atom is 0.254 e. The largest absolute Gasteiger partial charge is 0.489 e. The van der Waals surface area contributed by atoms with Crippen LogP contribution in [0.15, 0.2) is 36.4 Å². The number of halogens is 1. The highest BCUT2D eigenvalue weighted by atomic mass is 35.5. The van der Waals surface area contributed by atoms with Gasteiger partial charge in [0.2, 0.25) is 0 Å². The maximum atomic E-state index is 12.2. The van der Waals surface area contributed by atoms with Crippen LogP contribution in [0.1, 0.15) is 27.0 Å². The quantitative estimate of drug-likeness (QED) is 0.861. The number of rotatable bonds is 3. The Bertz CT molecular complexity index is 727. The highest BCUT2D eigenvalue weighted by molar-refractivity contribution is 6.30. The van der Waals surface area contributed by atoms with E-state index in [-0.39, 0.29) is 5.91 Å². The Morgan fingerprint density at radius 2 is 2.09 bits per heavy atom. The van der Waals surface area contributed by atoms with Crippen molar-refractivity contribution in [3.63, 3.8) is 0 Å². The molecule has 2 aromatic rings. The van der Waals surface area contributed by atoms with Gasteiger partial charge in [-0.15, -0.1) is 0 Å². The molecule has 0 radical (unpaired) electrons. The summed E-state index contributed by atoms with van der Waals surface area (Å²) < 4.78 is 5.98. The second kappa shape index (κ2) is 6.01. The highest BCUT2D eigenvalue weighted by Crippen LogP contribution is 2.28. The lowest BCUT2D eigenvalue weighted by Crippen LogP contribution is -2.34. The molecule has 0 saturated carbocycles. The summed E-state index contributed by atoms with van der Waals surface area (Å²) in [6, 6.07) is 11.5. The van der Waals surface area contributed by atoms with E-state index in [1.165, 1.54) is 0 Å². The summed E-state index contributed by atoms with van der Waals surface area (Å²) >= 11 is 5.98. The van der Waals surface area contributed by atoms with Crippen molar-refractivity contribution in [3.05, 3.63) is 63.7 Å². The van der Waals surface area contributed by atoms with E-state index in [4.69, 9.17) is 16.3 Å². The standard InChI is InChI=1S/C18H18ClNO2/c1-12-10-14(19)7-6-13(12)11-22-17-5-3-4-16-15(17)8-9-20(2)18(16)21/h3-7,10H,8-9,11H2,1-2H3. The van der Waals surface area contributed by atoms with Gasteiger partial charge >= 0.3 is 0 Å². The van der Waals surface area contributed by atoms with Crippen LogP contribution in [-0.4, -0.2) is 24.4 Å². The van der Waals surface area contributed by atoms with Crippen LogP contribution in [-0.2, 0) is 13.0 Å². The number of carbonyl (C=O) groups excluding carboxylic acids is 1. The van der Waals surface area contributed by atoms with Crippen molar-refractivity contribution in [2.45, 2.75) is 20.0 Å². The lowest BCUT2D eigenvalue weighted by molar-refractivity contribution is 0.0779. The average molecular weight is 316 g/mol. The molecule has 0 aromatic heterocycles. The van der Waals surface area contributed by atoms with Gasteiger partial charge in [0.05, 0.1) is 0 Å². The van der Waals surface area contributed by atoms with E-state index in [9.17, 15) is 4.79 Å². The third kappa shape index (κ3) is 2.81. The van der Waals surface area contributed by atoms with Crippen molar-refractivity contribution in [1.82, 2.24) is 4.90 Å². The summed E-state index contributed by atoms with van der Waals surface area (Å²) in [6.45, 7) is 3.22. The van der Waals surface area contributed by atoms with Crippen LogP contribution < -0.4 is 4.74 Å². The first kappa shape index (κ1) is 14.9. The van der Waals surface area contributed by atoms with Crippen LogP contribution >= 0.6 is 11.6 Å². The summed E-state index contributed by atoms with van der Waals surface area (Å²) in [7, 11) is 1.83. The molecule has 2 aromatic carbocycles. The van der Waals surface area contributed by atoms with E-state index in [0.29, 0.717) is 6.61 Å². The number of amides is 1. The van der Waals surface area contributed by atoms with Crippen LogP contribution in [0.5, 0.6) is 5.75 Å². The number of likely N-dealkylation sites (N-methyl/N-ethyl adjacent to an activating group) is 1. The zero-order valence-corrected chi connectivity index (χ0v) is 13.5. The first-order valence-corrected chi connectivity index (χ1v) is 7.69. The van der Waals surface area contributed by atoms with Gasteiger partial charge in [0.15, 0.2) is 0 Å². The fourth-order valence-corrected chi connectivity index (χ4v) is 2.95. The van der Waals surface area contributed by atoms with Gasteiger partial charge in [-0.25, -0.2) is 0 Å². The zero-order chi connectivity index (χ0) is 15.7. The Morgan fingerprint density at radius 1 is 1.27 bits per heavy atom. The molecular weight excluding hydrogens is 298 g/mol. The Morgan fingerprint density at radius 3 is 2.86 bits per heavy atom. The van der Waals surface area contributed by atoms with Crippen molar-refractivity contribution in [3.8, 4) is 5.75 Å². The molecule has 0 atom stereocenters. The number of ether oxygens (including phenoxy) is 1. The molecule has 0 bridgehead atoms. The smallest absolute Gasteiger partial charge is 0.254 e. The minimum Gasteiger partial charge on any atom is -0.489 e. The number of nitrogens with zero attached hydrogens (tertiary/aromatic N) is 1. The Kier molecular flexibility index (Phi) is 4.08. The van der Waals surface area contributed by atoms with Gasteiger partial charge in [0.1, 0.15) is 12.4 Å². The number of carbonyl (C=O) groups is 1. The van der Waals surface area contributed by atoms with Crippen molar-refractivity contribution in [2.24, 2.45) is 0 Å². The normalized spacial score (nSPS) is 14.0. The summed E-state index contributed by atoms with van der Waals surface area (Å²) in [6.07, 6.45) is 0.827. The molecule has 0 spiro atoms. The van der Waals surface area contributed by atoms with E-state index < -0.39 is 0 Å². The SMILES string of the molecule is Cc1cc(Cl)ccc1COc1cccc2c1CCN(C)C2=O. The van der Waals surface area contributed by atoms with E-state index >= 15 is 0 Å². The van der Waals surface area contributed by atoms with Crippen LogP contribution in [0.4, 0.5) is 0 Å². The molecule has 3 rings (SSSR count). The molecule has 0 saturated heterocycles. The Hall–Kier alpha value is -2.00. The number of fused-ring (bicyclic) bond motifs is 1. The van der Waals surface area contributed by atoms with E-state index in [2.05, 4.69) is 0 Å². The predicted molar refractivity (Wildman–Crippen MR) is 87.6 cm³/mol. The van der Waals surface area contributed by atoms with Crippen molar-refractivity contribution in [1.29, 1.82) is 0 Å². The molecule has 4 heteroatoms. The third-order valence-corrected chi connectivity index (χ3v) is 4.33. The zero-order valence-electron chi connectivity index (χ0n) is 12.7. The molecule has 0 fully saturated rings. The minimum absolute atomic E-state index is 0.0642. The Labute approximate surface area is 135 Å². The van der Waals surface area contributed by atoms with Crippen LogP contribution in [0, 0.1) is 6.92 Å². The molecule has 0 N–H and O–H groups in total. The first-order valence-electron chi connectivity index (χ1n) is 7.31. The number of hydrogen-bond donors (Lipinski definition) is 0. The van der Waals surface area contributed by atoms with E-state index in [1.54, 1.807) is 4.90 Å². The van der Waals surface area contributed by atoms with Gasteiger partial charge in [-0.05, 0) is 48.7 Å². The fourth-order valence-electron chi connectivity index (χ4n) is 2.72.